The molecule has 2 fully saturated rings. The van der Waals surface area contributed by atoms with Crippen molar-refractivity contribution in [2.45, 2.75) is 17.7 Å². The number of ether oxygens (including phenoxy) is 2. The minimum Gasteiger partial charge on any atom is -0.497 e. The molecule has 1 aromatic carbocycles. The molecule has 1 N–H and O–H groups in total. The van der Waals surface area contributed by atoms with E-state index in [1.807, 2.05) is 0 Å². The topological polar surface area (TPSA) is 67.9 Å². The van der Waals surface area contributed by atoms with Crippen molar-refractivity contribution in [1.82, 2.24) is 9.62 Å². The number of hydrogen-bond donors (Lipinski definition) is 1. The maximum atomic E-state index is 13.0. The number of nitrogens with zero attached hydrogens (tertiary/aromatic N) is 1. The van der Waals surface area contributed by atoms with Crippen LogP contribution in [0.2, 0.25) is 0 Å². The minimum atomic E-state index is -3.58. The summed E-state index contributed by atoms with van der Waals surface area (Å²) in [6, 6.07) is 4.87. The van der Waals surface area contributed by atoms with Crippen LogP contribution in [0.15, 0.2) is 23.1 Å². The predicted octanol–water partition coefficient (Wildman–Crippen LogP) is 1.50. The van der Waals surface area contributed by atoms with E-state index < -0.39 is 10.0 Å². The molecule has 0 bridgehead atoms. The van der Waals surface area contributed by atoms with E-state index in [9.17, 15) is 8.42 Å². The molecule has 6 nitrogen and oxygen atoms in total. The summed E-state index contributed by atoms with van der Waals surface area (Å²) in [4.78, 5) is 0.178. The highest BCUT2D eigenvalue weighted by Crippen LogP contribution is 2.40. The fourth-order valence-corrected chi connectivity index (χ4v) is 5.09. The maximum absolute atomic E-state index is 13.0. The van der Waals surface area contributed by atoms with Crippen molar-refractivity contribution < 1.29 is 17.9 Å². The lowest BCUT2D eigenvalue weighted by atomic mass is 9.87. The van der Waals surface area contributed by atoms with Crippen LogP contribution in [0.3, 0.4) is 0 Å². The van der Waals surface area contributed by atoms with Crippen LogP contribution in [0.25, 0.3) is 0 Å². The number of halogens is 1. The zero-order valence-electron chi connectivity index (χ0n) is 13.4. The van der Waals surface area contributed by atoms with Crippen molar-refractivity contribution >= 4 is 22.4 Å². The summed E-state index contributed by atoms with van der Waals surface area (Å²) < 4.78 is 38.0. The van der Waals surface area contributed by atoms with Gasteiger partial charge in [-0.2, -0.15) is 4.31 Å². The van der Waals surface area contributed by atoms with E-state index in [2.05, 4.69) is 5.32 Å². The smallest absolute Gasteiger partial charge is 0.246 e. The molecule has 2 aliphatic rings. The van der Waals surface area contributed by atoms with Gasteiger partial charge in [-0.3, -0.25) is 0 Å². The van der Waals surface area contributed by atoms with E-state index in [4.69, 9.17) is 9.47 Å². The fraction of sp³-hybridized carbons (Fsp3) is 0.600. The largest absolute Gasteiger partial charge is 0.497 e. The second-order valence-electron chi connectivity index (χ2n) is 6.03. The molecule has 8 heteroatoms. The van der Waals surface area contributed by atoms with Crippen molar-refractivity contribution in [3.63, 3.8) is 0 Å². The Balaban J connectivity index is 0.00000192. The summed E-state index contributed by atoms with van der Waals surface area (Å²) in [6.45, 7) is 3.00. The third-order valence-electron chi connectivity index (χ3n) is 4.72. The van der Waals surface area contributed by atoms with Gasteiger partial charge in [-0.1, -0.05) is 0 Å². The molecule has 1 spiro atoms. The number of rotatable bonds is 4. The normalized spacial score (nSPS) is 24.6. The van der Waals surface area contributed by atoms with Crippen LogP contribution in [0.1, 0.15) is 12.8 Å². The van der Waals surface area contributed by atoms with Crippen molar-refractivity contribution in [1.29, 1.82) is 0 Å². The quantitative estimate of drug-likeness (QED) is 0.879. The minimum absolute atomic E-state index is 0. The molecular formula is C15H23ClN2O4S. The molecule has 2 saturated heterocycles. The van der Waals surface area contributed by atoms with Crippen LogP contribution in [-0.2, 0) is 10.0 Å². The first-order valence-corrected chi connectivity index (χ1v) is 8.88. The Morgan fingerprint density at radius 1 is 1.22 bits per heavy atom. The van der Waals surface area contributed by atoms with Crippen molar-refractivity contribution in [3.05, 3.63) is 18.2 Å². The average Bonchev–Trinajstić information content (AvgIpc) is 3.17. The maximum Gasteiger partial charge on any atom is 0.246 e. The average molecular weight is 363 g/mol. The second-order valence-corrected chi connectivity index (χ2v) is 7.94. The molecule has 0 saturated carbocycles. The molecule has 0 radical (unpaired) electrons. The number of benzene rings is 1. The standard InChI is InChI=1S/C15H22N2O4S.ClH/c1-20-12-3-4-13(21-2)14(9-12)22(18,19)17-8-6-15(11-17)5-7-16-10-15;/h3-4,9,16H,5-8,10-11H2,1-2H3;1H. The number of nitrogens with one attached hydrogen (secondary N) is 1. The molecule has 2 heterocycles. The molecule has 1 atom stereocenters. The van der Waals surface area contributed by atoms with Crippen LogP contribution in [0.5, 0.6) is 11.5 Å². The summed E-state index contributed by atoms with van der Waals surface area (Å²) in [7, 11) is -0.577. The first-order valence-electron chi connectivity index (χ1n) is 7.44. The Hall–Kier alpha value is -1.02. The molecule has 3 rings (SSSR count). The van der Waals surface area contributed by atoms with Crippen molar-refractivity contribution in [2.24, 2.45) is 5.41 Å². The molecule has 0 amide bonds. The summed E-state index contributed by atoms with van der Waals surface area (Å²) in [5.74, 6) is 0.863. The molecule has 23 heavy (non-hydrogen) atoms. The Kier molecular flexibility index (Phi) is 5.45. The van der Waals surface area contributed by atoms with E-state index in [1.165, 1.54) is 20.3 Å². The Labute approximate surface area is 143 Å². The van der Waals surface area contributed by atoms with Gasteiger partial charge in [-0.25, -0.2) is 8.42 Å². The van der Waals surface area contributed by atoms with E-state index >= 15 is 0 Å². The van der Waals surface area contributed by atoms with E-state index in [-0.39, 0.29) is 22.7 Å². The van der Waals surface area contributed by atoms with E-state index in [1.54, 1.807) is 16.4 Å². The third-order valence-corrected chi connectivity index (χ3v) is 6.59. The number of sulfonamides is 1. The third kappa shape index (κ3) is 3.28. The number of hydrogen-bond acceptors (Lipinski definition) is 5. The second kappa shape index (κ2) is 6.84. The van der Waals surface area contributed by atoms with Gasteiger partial charge in [0, 0.05) is 25.7 Å². The van der Waals surface area contributed by atoms with E-state index in [0.717, 1.165) is 25.9 Å². The van der Waals surface area contributed by atoms with Crippen LogP contribution in [0, 0.1) is 5.41 Å². The first-order chi connectivity index (χ1) is 10.5. The molecule has 1 unspecified atom stereocenters. The van der Waals surface area contributed by atoms with Gasteiger partial charge in [-0.05, 0) is 36.9 Å². The Bertz CT molecular complexity index is 659. The summed E-state index contributed by atoms with van der Waals surface area (Å²) in [6.07, 6.45) is 1.94. The van der Waals surface area contributed by atoms with Gasteiger partial charge < -0.3 is 14.8 Å². The molecule has 0 aromatic heterocycles. The molecule has 130 valence electrons. The zero-order valence-corrected chi connectivity index (χ0v) is 15.0. The summed E-state index contributed by atoms with van der Waals surface area (Å²) >= 11 is 0. The monoisotopic (exact) mass is 362 g/mol. The SMILES string of the molecule is COc1ccc(OC)c(S(=O)(=O)N2CCC3(CCNC3)C2)c1.Cl. The molecular weight excluding hydrogens is 340 g/mol. The summed E-state index contributed by atoms with van der Waals surface area (Å²) in [5, 5.41) is 3.34. The lowest BCUT2D eigenvalue weighted by Gasteiger charge is -2.23. The Morgan fingerprint density at radius 3 is 2.61 bits per heavy atom. The van der Waals surface area contributed by atoms with E-state index in [0.29, 0.717) is 24.6 Å². The molecule has 2 aliphatic heterocycles. The highest BCUT2D eigenvalue weighted by Gasteiger charge is 2.45. The molecule has 1 aromatic rings. The first kappa shape index (κ1) is 18.3. The predicted molar refractivity (Wildman–Crippen MR) is 90.1 cm³/mol. The van der Waals surface area contributed by atoms with Gasteiger partial charge in [0.05, 0.1) is 14.2 Å². The van der Waals surface area contributed by atoms with Gasteiger partial charge in [0.1, 0.15) is 16.4 Å². The van der Waals surface area contributed by atoms with Gasteiger partial charge >= 0.3 is 0 Å². The highest BCUT2D eigenvalue weighted by molar-refractivity contribution is 7.89. The van der Waals surface area contributed by atoms with Crippen LogP contribution < -0.4 is 14.8 Å². The lowest BCUT2D eigenvalue weighted by molar-refractivity contribution is 0.336. The lowest BCUT2D eigenvalue weighted by Crippen LogP contribution is -2.33. The highest BCUT2D eigenvalue weighted by atomic mass is 35.5. The van der Waals surface area contributed by atoms with Crippen LogP contribution >= 0.6 is 12.4 Å². The zero-order chi connectivity index (χ0) is 15.8. The van der Waals surface area contributed by atoms with Gasteiger partial charge in [0.2, 0.25) is 10.0 Å². The van der Waals surface area contributed by atoms with Crippen LogP contribution in [0.4, 0.5) is 0 Å². The molecule has 0 aliphatic carbocycles. The number of methoxy groups -OCH3 is 2. The van der Waals surface area contributed by atoms with Gasteiger partial charge in [-0.15, -0.1) is 12.4 Å². The summed E-state index contributed by atoms with van der Waals surface area (Å²) in [5.41, 5.74) is 0.0964. The van der Waals surface area contributed by atoms with Crippen molar-refractivity contribution in [2.75, 3.05) is 40.4 Å². The Morgan fingerprint density at radius 2 is 2.00 bits per heavy atom. The van der Waals surface area contributed by atoms with Gasteiger partial charge in [0.25, 0.3) is 0 Å². The van der Waals surface area contributed by atoms with Crippen LogP contribution in [-0.4, -0.2) is 53.1 Å². The van der Waals surface area contributed by atoms with Crippen molar-refractivity contribution in [3.8, 4) is 11.5 Å². The van der Waals surface area contributed by atoms with Gasteiger partial charge in [0.15, 0.2) is 0 Å². The fourth-order valence-electron chi connectivity index (χ4n) is 3.37.